The van der Waals surface area contributed by atoms with Crippen molar-refractivity contribution in [1.82, 2.24) is 5.32 Å². The predicted molar refractivity (Wildman–Crippen MR) is 73.6 cm³/mol. The highest BCUT2D eigenvalue weighted by atomic mass is 16.5. The van der Waals surface area contributed by atoms with Crippen LogP contribution in [0.3, 0.4) is 0 Å². The van der Waals surface area contributed by atoms with Crippen LogP contribution in [0.5, 0.6) is 11.5 Å². The van der Waals surface area contributed by atoms with Gasteiger partial charge in [-0.15, -0.1) is 0 Å². The van der Waals surface area contributed by atoms with Crippen LogP contribution in [-0.4, -0.2) is 27.3 Å². The highest BCUT2D eigenvalue weighted by Gasteiger charge is 2.19. The molecule has 3 heteroatoms. The third-order valence-corrected chi connectivity index (χ3v) is 3.83. The molecular formula is C15H23NO2. The van der Waals surface area contributed by atoms with Gasteiger partial charge in [0.2, 0.25) is 0 Å². The van der Waals surface area contributed by atoms with Crippen LogP contribution in [0.2, 0.25) is 0 Å². The fraction of sp³-hybridized carbons (Fsp3) is 0.600. The summed E-state index contributed by atoms with van der Waals surface area (Å²) in [6.45, 7) is 4.42. The summed E-state index contributed by atoms with van der Waals surface area (Å²) in [7, 11) is 3.42. The Kier molecular flexibility index (Phi) is 4.48. The first-order valence-corrected chi connectivity index (χ1v) is 6.67. The van der Waals surface area contributed by atoms with Gasteiger partial charge in [-0.2, -0.15) is 0 Å². The van der Waals surface area contributed by atoms with Gasteiger partial charge in [-0.25, -0.2) is 0 Å². The molecule has 0 amide bonds. The van der Waals surface area contributed by atoms with Crippen molar-refractivity contribution in [2.75, 3.05) is 27.3 Å². The summed E-state index contributed by atoms with van der Waals surface area (Å²) in [6.07, 6.45) is 3.59. The molecular weight excluding hydrogens is 226 g/mol. The van der Waals surface area contributed by atoms with E-state index in [1.807, 2.05) is 6.07 Å². The van der Waals surface area contributed by atoms with Gasteiger partial charge >= 0.3 is 0 Å². The number of hydrogen-bond acceptors (Lipinski definition) is 3. The van der Waals surface area contributed by atoms with E-state index in [9.17, 15) is 0 Å². The van der Waals surface area contributed by atoms with E-state index in [1.54, 1.807) is 14.2 Å². The van der Waals surface area contributed by atoms with Crippen molar-refractivity contribution >= 4 is 0 Å². The number of hydrogen-bond donors (Lipinski definition) is 1. The molecule has 0 aromatic heterocycles. The summed E-state index contributed by atoms with van der Waals surface area (Å²) in [4.78, 5) is 0. The van der Waals surface area contributed by atoms with Crippen LogP contribution in [0.1, 0.15) is 24.0 Å². The van der Waals surface area contributed by atoms with Gasteiger partial charge in [-0.05, 0) is 56.8 Å². The average molecular weight is 249 g/mol. The van der Waals surface area contributed by atoms with Crippen LogP contribution >= 0.6 is 0 Å². The number of ether oxygens (including phenoxy) is 2. The van der Waals surface area contributed by atoms with E-state index in [2.05, 4.69) is 18.3 Å². The molecule has 0 spiro atoms. The lowest BCUT2D eigenvalue weighted by Gasteiger charge is -2.24. The minimum Gasteiger partial charge on any atom is -0.493 e. The fourth-order valence-electron chi connectivity index (χ4n) is 2.72. The summed E-state index contributed by atoms with van der Waals surface area (Å²) < 4.78 is 10.9. The Morgan fingerprint density at radius 2 is 1.89 bits per heavy atom. The van der Waals surface area contributed by atoms with Gasteiger partial charge in [0.05, 0.1) is 14.2 Å². The van der Waals surface area contributed by atoms with Crippen LogP contribution in [0, 0.1) is 12.8 Å². The fourth-order valence-corrected chi connectivity index (χ4v) is 2.72. The summed E-state index contributed by atoms with van der Waals surface area (Å²) >= 11 is 0. The van der Waals surface area contributed by atoms with Gasteiger partial charge in [0, 0.05) is 5.56 Å². The second kappa shape index (κ2) is 6.10. The molecule has 0 unspecified atom stereocenters. The highest BCUT2D eigenvalue weighted by Crippen LogP contribution is 2.35. The van der Waals surface area contributed by atoms with E-state index in [4.69, 9.17) is 9.47 Å². The number of benzene rings is 1. The van der Waals surface area contributed by atoms with Crippen molar-refractivity contribution in [1.29, 1.82) is 0 Å². The molecule has 1 saturated heterocycles. The topological polar surface area (TPSA) is 30.5 Å². The van der Waals surface area contributed by atoms with E-state index >= 15 is 0 Å². The zero-order valence-corrected chi connectivity index (χ0v) is 11.6. The molecule has 1 heterocycles. The standard InChI is InChI=1S/C15H23NO2/c1-11-4-5-14(17-2)15(18-3)13(11)10-12-6-8-16-9-7-12/h4-5,12,16H,6-10H2,1-3H3. The zero-order chi connectivity index (χ0) is 13.0. The monoisotopic (exact) mass is 249 g/mol. The number of aryl methyl sites for hydroxylation is 1. The van der Waals surface area contributed by atoms with Crippen LogP contribution in [-0.2, 0) is 6.42 Å². The lowest BCUT2D eigenvalue weighted by Crippen LogP contribution is -2.28. The van der Waals surface area contributed by atoms with Crippen molar-refractivity contribution in [3.05, 3.63) is 23.3 Å². The number of rotatable bonds is 4. The molecule has 0 atom stereocenters. The average Bonchev–Trinajstić information content (AvgIpc) is 2.42. The second-order valence-electron chi connectivity index (χ2n) is 4.99. The van der Waals surface area contributed by atoms with Gasteiger partial charge < -0.3 is 14.8 Å². The van der Waals surface area contributed by atoms with Crippen molar-refractivity contribution < 1.29 is 9.47 Å². The van der Waals surface area contributed by atoms with E-state index in [-0.39, 0.29) is 0 Å². The van der Waals surface area contributed by atoms with Crippen LogP contribution in [0.4, 0.5) is 0 Å². The van der Waals surface area contributed by atoms with E-state index in [1.165, 1.54) is 24.0 Å². The molecule has 0 aliphatic carbocycles. The first-order valence-electron chi connectivity index (χ1n) is 6.67. The minimum atomic E-state index is 0.756. The normalized spacial score (nSPS) is 16.6. The zero-order valence-electron chi connectivity index (χ0n) is 11.6. The molecule has 2 rings (SSSR count). The van der Waals surface area contributed by atoms with Crippen molar-refractivity contribution in [2.24, 2.45) is 5.92 Å². The van der Waals surface area contributed by atoms with Crippen LogP contribution in [0.15, 0.2) is 12.1 Å². The maximum atomic E-state index is 5.55. The summed E-state index contributed by atoms with van der Waals surface area (Å²) in [5.74, 6) is 2.51. The van der Waals surface area contributed by atoms with Gasteiger partial charge in [-0.1, -0.05) is 6.07 Å². The molecule has 0 radical (unpaired) electrons. The summed E-state index contributed by atoms with van der Waals surface area (Å²) in [5.41, 5.74) is 2.61. The number of piperidine rings is 1. The third-order valence-electron chi connectivity index (χ3n) is 3.83. The largest absolute Gasteiger partial charge is 0.493 e. The molecule has 1 aliphatic heterocycles. The molecule has 1 N–H and O–H groups in total. The maximum absolute atomic E-state index is 5.55. The second-order valence-corrected chi connectivity index (χ2v) is 4.99. The van der Waals surface area contributed by atoms with Gasteiger partial charge in [-0.3, -0.25) is 0 Å². The van der Waals surface area contributed by atoms with Crippen molar-refractivity contribution in [3.8, 4) is 11.5 Å². The smallest absolute Gasteiger partial charge is 0.164 e. The quantitative estimate of drug-likeness (QED) is 0.889. The van der Waals surface area contributed by atoms with E-state index in [0.29, 0.717) is 0 Å². The molecule has 0 bridgehead atoms. The Bertz CT molecular complexity index is 398. The Morgan fingerprint density at radius 3 is 2.50 bits per heavy atom. The van der Waals surface area contributed by atoms with Crippen molar-refractivity contribution in [3.63, 3.8) is 0 Å². The number of nitrogens with one attached hydrogen (secondary N) is 1. The minimum absolute atomic E-state index is 0.756. The molecule has 3 nitrogen and oxygen atoms in total. The lowest BCUT2D eigenvalue weighted by molar-refractivity contribution is 0.338. The van der Waals surface area contributed by atoms with Gasteiger partial charge in [0.1, 0.15) is 0 Å². The predicted octanol–water partition coefficient (Wildman–Crippen LogP) is 2.55. The SMILES string of the molecule is COc1ccc(C)c(CC2CCNCC2)c1OC. The Balaban J connectivity index is 2.24. The first kappa shape index (κ1) is 13.2. The first-order chi connectivity index (χ1) is 8.76. The van der Waals surface area contributed by atoms with Crippen molar-refractivity contribution in [2.45, 2.75) is 26.2 Å². The molecule has 1 aromatic carbocycles. The summed E-state index contributed by atoms with van der Waals surface area (Å²) in [6, 6.07) is 4.11. The van der Waals surface area contributed by atoms with Crippen LogP contribution < -0.4 is 14.8 Å². The molecule has 1 aromatic rings. The summed E-state index contributed by atoms with van der Waals surface area (Å²) in [5, 5.41) is 3.41. The van der Waals surface area contributed by atoms with Gasteiger partial charge in [0.15, 0.2) is 11.5 Å². The van der Waals surface area contributed by atoms with Gasteiger partial charge in [0.25, 0.3) is 0 Å². The molecule has 1 fully saturated rings. The van der Waals surface area contributed by atoms with E-state index < -0.39 is 0 Å². The molecule has 0 saturated carbocycles. The molecule has 100 valence electrons. The van der Waals surface area contributed by atoms with Crippen LogP contribution in [0.25, 0.3) is 0 Å². The Labute approximate surface area is 109 Å². The lowest BCUT2D eigenvalue weighted by atomic mass is 9.88. The molecule has 1 aliphatic rings. The maximum Gasteiger partial charge on any atom is 0.164 e. The third kappa shape index (κ3) is 2.78. The highest BCUT2D eigenvalue weighted by molar-refractivity contribution is 5.50. The van der Waals surface area contributed by atoms with E-state index in [0.717, 1.165) is 36.9 Å². The Morgan fingerprint density at radius 1 is 1.17 bits per heavy atom. The Hall–Kier alpha value is -1.22. The number of methoxy groups -OCH3 is 2. The molecule has 18 heavy (non-hydrogen) atoms.